The zero-order chi connectivity index (χ0) is 19.2. The van der Waals surface area contributed by atoms with Gasteiger partial charge in [-0.1, -0.05) is 66.0 Å². The first-order chi connectivity index (χ1) is 13.1. The maximum absolute atomic E-state index is 12.5. The molecule has 5 nitrogen and oxygen atoms in total. The Hall–Kier alpha value is -2.63. The first-order valence-electron chi connectivity index (χ1n) is 8.42. The van der Waals surface area contributed by atoms with E-state index >= 15 is 0 Å². The topological polar surface area (TPSA) is 56.5 Å². The summed E-state index contributed by atoms with van der Waals surface area (Å²) in [5.41, 5.74) is 2.66. The third kappa shape index (κ3) is 4.56. The van der Waals surface area contributed by atoms with Crippen molar-refractivity contribution in [1.82, 2.24) is 9.78 Å². The standard InChI is InChI=1S/C20H17Cl2N3O2/c1-2-6-19-17(13-23-25(19)16-7-4-3-5-8-16)20(26)27-24-12-14-9-10-15(21)11-18(14)22/h3-5,7-13H,2,6H2,1H3. The van der Waals surface area contributed by atoms with E-state index in [1.54, 1.807) is 22.9 Å². The molecule has 0 aliphatic carbocycles. The average Bonchev–Trinajstić information content (AvgIpc) is 3.08. The van der Waals surface area contributed by atoms with Crippen molar-refractivity contribution in [2.45, 2.75) is 19.8 Å². The van der Waals surface area contributed by atoms with Crippen LogP contribution in [0.3, 0.4) is 0 Å². The summed E-state index contributed by atoms with van der Waals surface area (Å²) in [6, 6.07) is 14.6. The van der Waals surface area contributed by atoms with Gasteiger partial charge in [0, 0.05) is 10.6 Å². The molecule has 0 saturated carbocycles. The van der Waals surface area contributed by atoms with Crippen LogP contribution in [-0.4, -0.2) is 22.0 Å². The van der Waals surface area contributed by atoms with Gasteiger partial charge in [-0.2, -0.15) is 5.10 Å². The summed E-state index contributed by atoms with van der Waals surface area (Å²) in [4.78, 5) is 17.5. The van der Waals surface area contributed by atoms with Gasteiger partial charge in [-0.25, -0.2) is 9.48 Å². The molecule has 0 atom stereocenters. The summed E-state index contributed by atoms with van der Waals surface area (Å²) < 4.78 is 1.75. The molecule has 1 aromatic heterocycles. The summed E-state index contributed by atoms with van der Waals surface area (Å²) in [5.74, 6) is -0.568. The molecule has 0 spiro atoms. The van der Waals surface area contributed by atoms with Gasteiger partial charge in [0.1, 0.15) is 5.56 Å². The van der Waals surface area contributed by atoms with Crippen molar-refractivity contribution >= 4 is 35.4 Å². The Kier molecular flexibility index (Phi) is 6.27. The van der Waals surface area contributed by atoms with E-state index in [0.717, 1.165) is 17.8 Å². The number of para-hydroxylation sites is 1. The third-order valence-electron chi connectivity index (χ3n) is 3.87. The van der Waals surface area contributed by atoms with E-state index in [1.807, 2.05) is 37.3 Å². The van der Waals surface area contributed by atoms with Crippen LogP contribution in [0.1, 0.15) is 35.0 Å². The lowest BCUT2D eigenvalue weighted by Crippen LogP contribution is -2.08. The molecule has 3 aromatic rings. The SMILES string of the molecule is CCCc1c(C(=O)ON=Cc2ccc(Cl)cc2Cl)cnn1-c1ccccc1. The number of carbonyl (C=O) groups is 1. The van der Waals surface area contributed by atoms with Gasteiger partial charge in [0.05, 0.1) is 28.8 Å². The number of carbonyl (C=O) groups excluding carboxylic acids is 1. The monoisotopic (exact) mass is 401 g/mol. The first-order valence-corrected chi connectivity index (χ1v) is 9.18. The highest BCUT2D eigenvalue weighted by Gasteiger charge is 2.19. The van der Waals surface area contributed by atoms with Crippen LogP contribution in [-0.2, 0) is 11.3 Å². The second-order valence-electron chi connectivity index (χ2n) is 5.78. The van der Waals surface area contributed by atoms with Crippen LogP contribution in [0.25, 0.3) is 5.69 Å². The van der Waals surface area contributed by atoms with Crippen LogP contribution in [0, 0.1) is 0 Å². The summed E-state index contributed by atoms with van der Waals surface area (Å²) in [6.45, 7) is 2.04. The molecule has 2 aromatic carbocycles. The molecule has 0 bridgehead atoms. The maximum Gasteiger partial charge on any atom is 0.369 e. The van der Waals surface area contributed by atoms with Gasteiger partial charge in [-0.15, -0.1) is 0 Å². The van der Waals surface area contributed by atoms with Crippen LogP contribution < -0.4 is 0 Å². The van der Waals surface area contributed by atoms with Crippen LogP contribution in [0.4, 0.5) is 0 Å². The van der Waals surface area contributed by atoms with E-state index in [1.165, 1.54) is 12.4 Å². The fourth-order valence-electron chi connectivity index (χ4n) is 2.60. The molecule has 3 rings (SSSR count). The van der Waals surface area contributed by atoms with Gasteiger partial charge in [-0.3, -0.25) is 0 Å². The fraction of sp³-hybridized carbons (Fsp3) is 0.150. The summed E-state index contributed by atoms with van der Waals surface area (Å²) >= 11 is 11.9. The highest BCUT2D eigenvalue weighted by Crippen LogP contribution is 2.20. The number of aromatic nitrogens is 2. The Balaban J connectivity index is 1.80. The molecule has 0 radical (unpaired) electrons. The quantitative estimate of drug-likeness (QED) is 0.319. The van der Waals surface area contributed by atoms with E-state index in [4.69, 9.17) is 28.0 Å². The summed E-state index contributed by atoms with van der Waals surface area (Å²) in [7, 11) is 0. The lowest BCUT2D eigenvalue weighted by Gasteiger charge is -2.07. The van der Waals surface area contributed by atoms with E-state index in [2.05, 4.69) is 10.3 Å². The van der Waals surface area contributed by atoms with Gasteiger partial charge in [0.15, 0.2) is 0 Å². The minimum atomic E-state index is -0.568. The highest BCUT2D eigenvalue weighted by molar-refractivity contribution is 6.36. The van der Waals surface area contributed by atoms with Crippen molar-refractivity contribution in [2.75, 3.05) is 0 Å². The molecule has 0 unspecified atom stereocenters. The molecule has 7 heteroatoms. The molecular formula is C20H17Cl2N3O2. The van der Waals surface area contributed by atoms with Gasteiger partial charge in [0.2, 0.25) is 0 Å². The molecule has 0 N–H and O–H groups in total. The summed E-state index contributed by atoms with van der Waals surface area (Å²) in [6.07, 6.45) is 4.43. The largest absolute Gasteiger partial charge is 0.369 e. The minimum absolute atomic E-state index is 0.389. The van der Waals surface area contributed by atoms with Crippen molar-refractivity contribution in [3.63, 3.8) is 0 Å². The number of rotatable bonds is 6. The van der Waals surface area contributed by atoms with E-state index in [0.29, 0.717) is 27.6 Å². The highest BCUT2D eigenvalue weighted by atomic mass is 35.5. The van der Waals surface area contributed by atoms with E-state index < -0.39 is 5.97 Å². The Bertz CT molecular complexity index is 969. The van der Waals surface area contributed by atoms with Crippen LogP contribution in [0.2, 0.25) is 10.0 Å². The Morgan fingerprint density at radius 3 is 2.70 bits per heavy atom. The Morgan fingerprint density at radius 1 is 1.22 bits per heavy atom. The predicted molar refractivity (Wildman–Crippen MR) is 107 cm³/mol. The Labute approximate surface area is 167 Å². The number of hydrogen-bond acceptors (Lipinski definition) is 4. The first kappa shape index (κ1) is 19.1. The fourth-order valence-corrected chi connectivity index (χ4v) is 3.06. The molecule has 0 amide bonds. The van der Waals surface area contributed by atoms with E-state index in [9.17, 15) is 4.79 Å². The van der Waals surface area contributed by atoms with Crippen LogP contribution >= 0.6 is 23.2 Å². The normalized spacial score (nSPS) is 11.1. The smallest absolute Gasteiger partial charge is 0.313 e. The predicted octanol–water partition coefficient (Wildman–Crippen LogP) is 5.32. The molecule has 0 aliphatic heterocycles. The lowest BCUT2D eigenvalue weighted by molar-refractivity contribution is 0.0518. The van der Waals surface area contributed by atoms with Gasteiger partial charge in [-0.05, 0) is 30.7 Å². The van der Waals surface area contributed by atoms with Crippen LogP contribution in [0.15, 0.2) is 59.9 Å². The molecule has 0 fully saturated rings. The van der Waals surface area contributed by atoms with Crippen molar-refractivity contribution in [3.8, 4) is 5.69 Å². The average molecular weight is 402 g/mol. The lowest BCUT2D eigenvalue weighted by atomic mass is 10.1. The second kappa shape index (κ2) is 8.84. The number of oxime groups is 1. The number of benzene rings is 2. The number of nitrogens with zero attached hydrogens (tertiary/aromatic N) is 3. The molecular weight excluding hydrogens is 385 g/mol. The maximum atomic E-state index is 12.5. The summed E-state index contributed by atoms with van der Waals surface area (Å²) in [5, 5.41) is 9.04. The van der Waals surface area contributed by atoms with Crippen molar-refractivity contribution in [1.29, 1.82) is 0 Å². The molecule has 1 heterocycles. The van der Waals surface area contributed by atoms with Crippen LogP contribution in [0.5, 0.6) is 0 Å². The van der Waals surface area contributed by atoms with Gasteiger partial charge < -0.3 is 4.84 Å². The molecule has 138 valence electrons. The molecule has 0 saturated heterocycles. The third-order valence-corrected chi connectivity index (χ3v) is 4.43. The van der Waals surface area contributed by atoms with Gasteiger partial charge in [0.25, 0.3) is 0 Å². The van der Waals surface area contributed by atoms with Gasteiger partial charge >= 0.3 is 5.97 Å². The van der Waals surface area contributed by atoms with Crippen molar-refractivity contribution < 1.29 is 9.63 Å². The second-order valence-corrected chi connectivity index (χ2v) is 6.63. The zero-order valence-corrected chi connectivity index (χ0v) is 16.1. The number of hydrogen-bond donors (Lipinski definition) is 0. The molecule has 27 heavy (non-hydrogen) atoms. The minimum Gasteiger partial charge on any atom is -0.313 e. The molecule has 0 aliphatic rings. The van der Waals surface area contributed by atoms with Crippen molar-refractivity contribution in [2.24, 2.45) is 5.16 Å². The zero-order valence-electron chi connectivity index (χ0n) is 14.6. The van der Waals surface area contributed by atoms with E-state index in [-0.39, 0.29) is 0 Å². The van der Waals surface area contributed by atoms with Crippen molar-refractivity contribution in [3.05, 3.63) is 81.6 Å². The number of halogens is 2. The Morgan fingerprint density at radius 2 is 2.00 bits per heavy atom.